The van der Waals surface area contributed by atoms with Crippen LogP contribution in [0.1, 0.15) is 72.1 Å². The zero-order chi connectivity index (χ0) is 14.8. The lowest BCUT2D eigenvalue weighted by molar-refractivity contribution is -0.173. The molecular weight excluding hydrogens is 248 g/mol. The van der Waals surface area contributed by atoms with Gasteiger partial charge >= 0.3 is 5.97 Å². The van der Waals surface area contributed by atoms with Crippen molar-refractivity contribution in [1.82, 2.24) is 0 Å². The number of hydrogen-bond acceptors (Lipinski definition) is 2. The summed E-state index contributed by atoms with van der Waals surface area (Å²) in [5.74, 6) is 1.46. The number of carbonyl (C=O) groups is 1. The lowest BCUT2D eigenvalue weighted by atomic mass is 9.70. The van der Waals surface area contributed by atoms with Gasteiger partial charge in [0.15, 0.2) is 0 Å². The minimum Gasteiger partial charge on any atom is -0.455 e. The standard InChI is InChI=1S/C18H30O2/c1-13(2)17(19)20-18(16-10-5-6-11-16)12-8-7-9-14(3)15(18)4/h14-16H,1,5-12H2,2-4H3. The monoisotopic (exact) mass is 278 g/mol. The van der Waals surface area contributed by atoms with Gasteiger partial charge in [0, 0.05) is 5.57 Å². The van der Waals surface area contributed by atoms with Gasteiger partial charge in [-0.3, -0.25) is 0 Å². The molecule has 2 heteroatoms. The van der Waals surface area contributed by atoms with Gasteiger partial charge in [-0.2, -0.15) is 0 Å². The van der Waals surface area contributed by atoms with Crippen LogP contribution in [0, 0.1) is 17.8 Å². The van der Waals surface area contributed by atoms with E-state index in [4.69, 9.17) is 4.74 Å². The summed E-state index contributed by atoms with van der Waals surface area (Å²) in [7, 11) is 0. The molecule has 2 aliphatic carbocycles. The minimum absolute atomic E-state index is 0.183. The van der Waals surface area contributed by atoms with Crippen LogP contribution < -0.4 is 0 Å². The van der Waals surface area contributed by atoms with Crippen LogP contribution in [0.5, 0.6) is 0 Å². The van der Waals surface area contributed by atoms with Gasteiger partial charge in [-0.15, -0.1) is 0 Å². The molecule has 3 unspecified atom stereocenters. The molecule has 20 heavy (non-hydrogen) atoms. The SMILES string of the molecule is C=C(C)C(=O)OC1(C2CCCC2)CCCCC(C)C1C. The van der Waals surface area contributed by atoms with E-state index in [0.29, 0.717) is 23.3 Å². The molecule has 0 aromatic rings. The molecule has 2 nitrogen and oxygen atoms in total. The first-order valence-electron chi connectivity index (χ1n) is 8.36. The van der Waals surface area contributed by atoms with Crippen molar-refractivity contribution in [3.05, 3.63) is 12.2 Å². The van der Waals surface area contributed by atoms with Crippen LogP contribution in [0.4, 0.5) is 0 Å². The zero-order valence-electron chi connectivity index (χ0n) is 13.4. The Morgan fingerprint density at radius 3 is 2.30 bits per heavy atom. The molecule has 0 aromatic heterocycles. The molecule has 0 saturated heterocycles. The van der Waals surface area contributed by atoms with Crippen molar-refractivity contribution >= 4 is 5.97 Å². The van der Waals surface area contributed by atoms with Crippen LogP contribution in [0.25, 0.3) is 0 Å². The summed E-state index contributed by atoms with van der Waals surface area (Å²) in [6, 6.07) is 0. The second-order valence-corrected chi connectivity index (χ2v) is 7.12. The molecular formula is C18H30O2. The largest absolute Gasteiger partial charge is 0.455 e. The summed E-state index contributed by atoms with van der Waals surface area (Å²) in [6.45, 7) is 10.2. The molecule has 2 saturated carbocycles. The van der Waals surface area contributed by atoms with Crippen LogP contribution in [0.15, 0.2) is 12.2 Å². The lowest BCUT2D eigenvalue weighted by Crippen LogP contribution is -2.48. The van der Waals surface area contributed by atoms with Crippen molar-refractivity contribution in [2.45, 2.75) is 77.7 Å². The van der Waals surface area contributed by atoms with Gasteiger partial charge in [0.05, 0.1) is 0 Å². The Labute approximate surface area is 124 Å². The van der Waals surface area contributed by atoms with E-state index >= 15 is 0 Å². The minimum atomic E-state index is -0.234. The average Bonchev–Trinajstić information content (AvgIpc) is 2.91. The zero-order valence-corrected chi connectivity index (χ0v) is 13.4. The molecule has 0 spiro atoms. The third kappa shape index (κ3) is 2.94. The highest BCUT2D eigenvalue weighted by Crippen LogP contribution is 2.49. The Morgan fingerprint density at radius 2 is 1.70 bits per heavy atom. The Hall–Kier alpha value is -0.790. The number of carbonyl (C=O) groups excluding carboxylic acids is 1. The summed E-state index contributed by atoms with van der Waals surface area (Å²) < 4.78 is 6.15. The summed E-state index contributed by atoms with van der Waals surface area (Å²) in [4.78, 5) is 12.2. The third-order valence-electron chi connectivity index (χ3n) is 5.78. The maximum atomic E-state index is 12.2. The maximum absolute atomic E-state index is 12.2. The van der Waals surface area contributed by atoms with E-state index in [0.717, 1.165) is 6.42 Å². The summed E-state index contributed by atoms with van der Waals surface area (Å²) in [6.07, 6.45) is 9.79. The van der Waals surface area contributed by atoms with Gasteiger partial charge in [0.25, 0.3) is 0 Å². The predicted molar refractivity (Wildman–Crippen MR) is 82.4 cm³/mol. The van der Waals surface area contributed by atoms with E-state index < -0.39 is 0 Å². The van der Waals surface area contributed by atoms with Crippen molar-refractivity contribution in [3.8, 4) is 0 Å². The molecule has 0 aromatic carbocycles. The van der Waals surface area contributed by atoms with E-state index in [-0.39, 0.29) is 11.6 Å². The molecule has 0 amide bonds. The van der Waals surface area contributed by atoms with Crippen molar-refractivity contribution in [1.29, 1.82) is 0 Å². The molecule has 2 fully saturated rings. The molecule has 0 heterocycles. The Bertz CT molecular complexity index is 368. The van der Waals surface area contributed by atoms with Crippen LogP contribution in [-0.4, -0.2) is 11.6 Å². The highest BCUT2D eigenvalue weighted by Gasteiger charge is 2.49. The number of ether oxygens (including phenoxy) is 1. The Balaban J connectivity index is 2.30. The normalized spacial score (nSPS) is 35.5. The molecule has 3 atom stereocenters. The highest BCUT2D eigenvalue weighted by atomic mass is 16.6. The van der Waals surface area contributed by atoms with Gasteiger partial charge in [0.1, 0.15) is 5.60 Å². The lowest BCUT2D eigenvalue weighted by Gasteiger charge is -2.44. The van der Waals surface area contributed by atoms with Gasteiger partial charge in [-0.1, -0.05) is 46.1 Å². The fourth-order valence-corrected chi connectivity index (χ4v) is 4.30. The summed E-state index contributed by atoms with van der Waals surface area (Å²) in [5, 5.41) is 0. The van der Waals surface area contributed by atoms with Crippen LogP contribution in [-0.2, 0) is 9.53 Å². The molecule has 0 bridgehead atoms. The smallest absolute Gasteiger partial charge is 0.333 e. The predicted octanol–water partition coefficient (Wildman–Crippen LogP) is 4.88. The van der Waals surface area contributed by atoms with Crippen molar-refractivity contribution in [2.75, 3.05) is 0 Å². The van der Waals surface area contributed by atoms with Gasteiger partial charge in [0.2, 0.25) is 0 Å². The summed E-state index contributed by atoms with van der Waals surface area (Å²) in [5.41, 5.74) is 0.300. The Morgan fingerprint density at radius 1 is 1.10 bits per heavy atom. The van der Waals surface area contributed by atoms with Crippen LogP contribution in [0.3, 0.4) is 0 Å². The van der Waals surface area contributed by atoms with E-state index in [9.17, 15) is 4.79 Å². The quantitative estimate of drug-likeness (QED) is 0.418. The second kappa shape index (κ2) is 6.32. The first kappa shape index (κ1) is 15.6. The fourth-order valence-electron chi connectivity index (χ4n) is 4.30. The fraction of sp³-hybridized carbons (Fsp3) is 0.833. The van der Waals surface area contributed by atoms with Gasteiger partial charge in [-0.25, -0.2) is 4.79 Å². The van der Waals surface area contributed by atoms with E-state index in [1.54, 1.807) is 6.92 Å². The third-order valence-corrected chi connectivity index (χ3v) is 5.78. The second-order valence-electron chi connectivity index (χ2n) is 7.12. The highest BCUT2D eigenvalue weighted by molar-refractivity contribution is 5.87. The van der Waals surface area contributed by atoms with E-state index in [2.05, 4.69) is 20.4 Å². The van der Waals surface area contributed by atoms with Crippen molar-refractivity contribution in [3.63, 3.8) is 0 Å². The first-order chi connectivity index (χ1) is 9.47. The van der Waals surface area contributed by atoms with Crippen molar-refractivity contribution < 1.29 is 9.53 Å². The molecule has 2 aliphatic rings. The topological polar surface area (TPSA) is 26.3 Å². The maximum Gasteiger partial charge on any atom is 0.333 e. The van der Waals surface area contributed by atoms with Gasteiger partial charge < -0.3 is 4.74 Å². The number of rotatable bonds is 3. The number of hydrogen-bond donors (Lipinski definition) is 0. The Kier molecular flexibility index (Phi) is 4.93. The molecule has 0 radical (unpaired) electrons. The summed E-state index contributed by atoms with van der Waals surface area (Å²) >= 11 is 0. The molecule has 0 aliphatic heterocycles. The molecule has 0 N–H and O–H groups in total. The molecule has 2 rings (SSSR count). The first-order valence-corrected chi connectivity index (χ1v) is 8.36. The van der Waals surface area contributed by atoms with Crippen LogP contribution in [0.2, 0.25) is 0 Å². The van der Waals surface area contributed by atoms with Crippen molar-refractivity contribution in [2.24, 2.45) is 17.8 Å². The van der Waals surface area contributed by atoms with Crippen LogP contribution >= 0.6 is 0 Å². The van der Waals surface area contributed by atoms with E-state index in [1.807, 2.05) is 0 Å². The average molecular weight is 278 g/mol. The van der Waals surface area contributed by atoms with E-state index in [1.165, 1.54) is 44.9 Å². The van der Waals surface area contributed by atoms with Gasteiger partial charge in [-0.05, 0) is 50.4 Å². The number of esters is 1. The molecule has 114 valence electrons.